The van der Waals surface area contributed by atoms with Crippen LogP contribution in [0.25, 0.3) is 0 Å². The van der Waals surface area contributed by atoms with Crippen LogP contribution in [-0.2, 0) is 11.8 Å². The number of phenols is 2. The Morgan fingerprint density at radius 3 is 2.26 bits per heavy atom. The van der Waals surface area contributed by atoms with Crippen molar-refractivity contribution in [1.29, 1.82) is 0 Å². The molecular formula is C20H28O3. The number of aromatic hydroxyl groups is 2. The Labute approximate surface area is 138 Å². The quantitative estimate of drug-likeness (QED) is 0.635. The van der Waals surface area contributed by atoms with E-state index in [-0.39, 0.29) is 22.8 Å². The van der Waals surface area contributed by atoms with Gasteiger partial charge in [-0.2, -0.15) is 0 Å². The minimum atomic E-state index is -0.406. The first-order valence-corrected chi connectivity index (χ1v) is 8.61. The predicted octanol–water partition coefficient (Wildman–Crippen LogP) is 5.06. The average molecular weight is 316 g/mol. The van der Waals surface area contributed by atoms with Gasteiger partial charge >= 0.3 is 0 Å². The first-order valence-electron chi connectivity index (χ1n) is 8.61. The fourth-order valence-corrected chi connectivity index (χ4v) is 5.04. The summed E-state index contributed by atoms with van der Waals surface area (Å²) in [6, 6.07) is 1.97. The highest BCUT2D eigenvalue weighted by atomic mass is 16.3. The minimum Gasteiger partial charge on any atom is -0.512 e. The van der Waals surface area contributed by atoms with E-state index in [1.165, 1.54) is 0 Å². The van der Waals surface area contributed by atoms with Gasteiger partial charge in [0.25, 0.3) is 0 Å². The minimum absolute atomic E-state index is 0.00379. The van der Waals surface area contributed by atoms with E-state index in [4.69, 9.17) is 0 Å². The molecule has 3 N–H and O–H groups in total. The molecule has 1 aromatic rings. The maximum Gasteiger partial charge on any atom is 0.162 e. The van der Waals surface area contributed by atoms with Gasteiger partial charge in [0.2, 0.25) is 0 Å². The zero-order chi connectivity index (χ0) is 17.2. The summed E-state index contributed by atoms with van der Waals surface area (Å²) in [5.41, 5.74) is 3.06. The largest absolute Gasteiger partial charge is 0.512 e. The zero-order valence-electron chi connectivity index (χ0n) is 14.8. The Kier molecular flexibility index (Phi) is 3.48. The van der Waals surface area contributed by atoms with Crippen molar-refractivity contribution in [1.82, 2.24) is 0 Å². The lowest BCUT2D eigenvalue weighted by molar-refractivity contribution is 0.218. The number of allylic oxidation sites excluding steroid dienone is 2. The van der Waals surface area contributed by atoms with Crippen molar-refractivity contribution >= 4 is 0 Å². The van der Waals surface area contributed by atoms with Crippen molar-refractivity contribution < 1.29 is 15.3 Å². The molecule has 3 heteroatoms. The van der Waals surface area contributed by atoms with Gasteiger partial charge in [-0.3, -0.25) is 0 Å². The third kappa shape index (κ3) is 2.16. The molecule has 0 unspecified atom stereocenters. The van der Waals surface area contributed by atoms with Crippen molar-refractivity contribution in [3.63, 3.8) is 0 Å². The number of rotatable bonds is 1. The molecule has 2 aliphatic rings. The van der Waals surface area contributed by atoms with E-state index >= 15 is 0 Å². The molecule has 0 bridgehead atoms. The normalized spacial score (nSPS) is 26.2. The molecule has 1 atom stereocenters. The molecule has 0 aromatic heterocycles. The van der Waals surface area contributed by atoms with Crippen molar-refractivity contribution in [2.75, 3.05) is 0 Å². The van der Waals surface area contributed by atoms with E-state index in [1.807, 2.05) is 19.9 Å². The molecule has 1 saturated carbocycles. The van der Waals surface area contributed by atoms with Crippen LogP contribution >= 0.6 is 0 Å². The third-order valence-electron chi connectivity index (χ3n) is 5.91. The molecule has 2 aliphatic carbocycles. The van der Waals surface area contributed by atoms with Gasteiger partial charge in [-0.15, -0.1) is 0 Å². The number of phenolic OH excluding ortho intramolecular Hbond substituents is 2. The summed E-state index contributed by atoms with van der Waals surface area (Å²) in [6.45, 7) is 10.4. The van der Waals surface area contributed by atoms with Crippen molar-refractivity contribution in [2.45, 2.75) is 71.6 Å². The van der Waals surface area contributed by atoms with Gasteiger partial charge in [-0.1, -0.05) is 47.1 Å². The second kappa shape index (κ2) is 4.93. The summed E-state index contributed by atoms with van der Waals surface area (Å²) >= 11 is 0. The summed E-state index contributed by atoms with van der Waals surface area (Å²) in [7, 11) is 0. The summed E-state index contributed by atoms with van der Waals surface area (Å²) in [5.74, 6) is 0.583. The first-order chi connectivity index (χ1) is 10.6. The van der Waals surface area contributed by atoms with Crippen LogP contribution in [0.5, 0.6) is 11.5 Å². The Balaban J connectivity index is 2.30. The highest BCUT2D eigenvalue weighted by Crippen LogP contribution is 2.59. The molecule has 23 heavy (non-hydrogen) atoms. The Bertz CT molecular complexity index is 697. The van der Waals surface area contributed by atoms with Crippen molar-refractivity contribution in [2.24, 2.45) is 5.41 Å². The van der Waals surface area contributed by atoms with Crippen LogP contribution in [0.4, 0.5) is 0 Å². The summed E-state index contributed by atoms with van der Waals surface area (Å²) in [4.78, 5) is 0. The molecule has 0 spiro atoms. The molecular weight excluding hydrogens is 288 g/mol. The van der Waals surface area contributed by atoms with Crippen LogP contribution < -0.4 is 0 Å². The molecule has 0 aliphatic heterocycles. The van der Waals surface area contributed by atoms with Gasteiger partial charge in [-0.05, 0) is 35.3 Å². The zero-order valence-corrected chi connectivity index (χ0v) is 14.8. The molecule has 1 fully saturated rings. The van der Waals surface area contributed by atoms with Crippen LogP contribution in [0, 0.1) is 5.41 Å². The monoisotopic (exact) mass is 316 g/mol. The standard InChI is InChI=1S/C20H28O3/c1-11(2)13-9-12-10-14(21)18-19(3,4)7-6-8-20(18,5)15(12)17(23)16(13)22/h9,11,21-23H,6-8,10H2,1-5H3/t20-/m1/s1. The Morgan fingerprint density at radius 1 is 1.00 bits per heavy atom. The van der Waals surface area contributed by atoms with E-state index in [9.17, 15) is 15.3 Å². The van der Waals surface area contributed by atoms with Crippen molar-refractivity contribution in [3.05, 3.63) is 34.1 Å². The average Bonchev–Trinajstić information content (AvgIpc) is 2.40. The van der Waals surface area contributed by atoms with Crippen LogP contribution in [0.2, 0.25) is 0 Å². The number of benzene rings is 1. The second-order valence-corrected chi connectivity index (χ2v) is 8.42. The highest BCUT2D eigenvalue weighted by molar-refractivity contribution is 5.63. The lowest BCUT2D eigenvalue weighted by Crippen LogP contribution is -2.42. The second-order valence-electron chi connectivity index (χ2n) is 8.42. The molecule has 0 amide bonds. The molecule has 0 radical (unpaired) electrons. The first kappa shape index (κ1) is 16.2. The molecule has 1 aromatic carbocycles. The van der Waals surface area contributed by atoms with Gasteiger partial charge < -0.3 is 15.3 Å². The summed E-state index contributed by atoms with van der Waals surface area (Å²) < 4.78 is 0. The van der Waals surface area contributed by atoms with Gasteiger partial charge in [-0.25, -0.2) is 0 Å². The molecule has 0 heterocycles. The molecule has 3 nitrogen and oxygen atoms in total. The van der Waals surface area contributed by atoms with E-state index in [1.54, 1.807) is 0 Å². The van der Waals surface area contributed by atoms with E-state index in [0.717, 1.165) is 41.5 Å². The van der Waals surface area contributed by atoms with Gasteiger partial charge in [0.05, 0.1) is 5.76 Å². The number of aliphatic hydroxyl groups is 1. The Morgan fingerprint density at radius 2 is 1.65 bits per heavy atom. The van der Waals surface area contributed by atoms with Gasteiger partial charge in [0.1, 0.15) is 0 Å². The van der Waals surface area contributed by atoms with Gasteiger partial charge in [0, 0.05) is 23.0 Å². The smallest absolute Gasteiger partial charge is 0.162 e. The van der Waals surface area contributed by atoms with E-state index in [0.29, 0.717) is 12.2 Å². The summed E-state index contributed by atoms with van der Waals surface area (Å²) in [5, 5.41) is 32.1. The fraction of sp³-hybridized carbons (Fsp3) is 0.600. The van der Waals surface area contributed by atoms with Crippen LogP contribution in [0.15, 0.2) is 17.4 Å². The van der Waals surface area contributed by atoms with Crippen LogP contribution in [-0.4, -0.2) is 15.3 Å². The maximum absolute atomic E-state index is 10.8. The topological polar surface area (TPSA) is 60.7 Å². The van der Waals surface area contributed by atoms with Crippen molar-refractivity contribution in [3.8, 4) is 11.5 Å². The van der Waals surface area contributed by atoms with E-state index < -0.39 is 5.41 Å². The Hall–Kier alpha value is -1.64. The number of hydrogen-bond donors (Lipinski definition) is 3. The maximum atomic E-state index is 10.8. The summed E-state index contributed by atoms with van der Waals surface area (Å²) in [6.07, 6.45) is 3.41. The van der Waals surface area contributed by atoms with Gasteiger partial charge in [0.15, 0.2) is 11.5 Å². The fourth-order valence-electron chi connectivity index (χ4n) is 5.04. The third-order valence-corrected chi connectivity index (χ3v) is 5.91. The lowest BCUT2D eigenvalue weighted by Gasteiger charge is -2.49. The van der Waals surface area contributed by atoms with Crippen LogP contribution in [0.3, 0.4) is 0 Å². The number of hydrogen-bond acceptors (Lipinski definition) is 3. The highest BCUT2D eigenvalue weighted by Gasteiger charge is 2.49. The molecule has 3 rings (SSSR count). The number of aliphatic hydroxyl groups excluding tert-OH is 1. The van der Waals surface area contributed by atoms with E-state index in [2.05, 4.69) is 20.8 Å². The van der Waals surface area contributed by atoms with Crippen LogP contribution in [0.1, 0.15) is 76.5 Å². The lowest BCUT2D eigenvalue weighted by atomic mass is 9.54. The SMILES string of the molecule is CC(C)c1cc2c(c(O)c1O)[C@@]1(C)CCCC(C)(C)C1=C(O)C2. The molecule has 0 saturated heterocycles. The number of fused-ring (bicyclic) bond motifs is 3. The molecule has 126 valence electrons. The predicted molar refractivity (Wildman–Crippen MR) is 92.2 cm³/mol.